The third kappa shape index (κ3) is 3.48. The third-order valence-electron chi connectivity index (χ3n) is 2.63. The normalized spacial score (nSPS) is 10.3. The number of aromatic carboxylic acids is 1. The molecule has 0 amide bonds. The Kier molecular flexibility index (Phi) is 4.02. The Morgan fingerprint density at radius 1 is 1.47 bits per heavy atom. The zero-order chi connectivity index (χ0) is 13.7. The molecular formula is C13H15N3O3. The number of imidazole rings is 1. The number of nitrogen functional groups attached to an aromatic ring is 1. The molecule has 0 saturated carbocycles. The maximum atomic E-state index is 10.8. The van der Waals surface area contributed by atoms with E-state index in [9.17, 15) is 4.79 Å². The van der Waals surface area contributed by atoms with E-state index in [-0.39, 0.29) is 5.56 Å². The SMILES string of the molecule is Nc1cc(C(=O)O)ccc1OCCCn1ccnc1. The number of aromatic nitrogens is 2. The average molecular weight is 261 g/mol. The molecule has 0 fully saturated rings. The molecule has 2 rings (SSSR count). The molecule has 0 radical (unpaired) electrons. The van der Waals surface area contributed by atoms with Crippen molar-refractivity contribution < 1.29 is 14.6 Å². The summed E-state index contributed by atoms with van der Waals surface area (Å²) in [7, 11) is 0. The van der Waals surface area contributed by atoms with E-state index in [1.54, 1.807) is 18.6 Å². The van der Waals surface area contributed by atoms with Gasteiger partial charge in [0.2, 0.25) is 0 Å². The Morgan fingerprint density at radius 2 is 2.32 bits per heavy atom. The van der Waals surface area contributed by atoms with Crippen LogP contribution in [0, 0.1) is 0 Å². The highest BCUT2D eigenvalue weighted by Crippen LogP contribution is 2.22. The number of nitrogens with zero attached hydrogens (tertiary/aromatic N) is 2. The van der Waals surface area contributed by atoms with E-state index < -0.39 is 5.97 Å². The van der Waals surface area contributed by atoms with Crippen molar-refractivity contribution in [3.05, 3.63) is 42.5 Å². The van der Waals surface area contributed by atoms with Crippen molar-refractivity contribution in [3.63, 3.8) is 0 Å². The Hall–Kier alpha value is -2.50. The van der Waals surface area contributed by atoms with Gasteiger partial charge in [-0.2, -0.15) is 0 Å². The second kappa shape index (κ2) is 5.90. The first-order chi connectivity index (χ1) is 9.16. The van der Waals surface area contributed by atoms with Crippen LogP contribution in [0.25, 0.3) is 0 Å². The summed E-state index contributed by atoms with van der Waals surface area (Å²) in [6, 6.07) is 4.45. The fourth-order valence-electron chi connectivity index (χ4n) is 1.66. The van der Waals surface area contributed by atoms with Crippen LogP contribution < -0.4 is 10.5 Å². The molecule has 0 bridgehead atoms. The number of hydrogen-bond donors (Lipinski definition) is 2. The van der Waals surface area contributed by atoms with Gasteiger partial charge in [0.15, 0.2) is 0 Å². The molecule has 100 valence electrons. The Bertz CT molecular complexity index is 552. The van der Waals surface area contributed by atoms with Crippen molar-refractivity contribution >= 4 is 11.7 Å². The Morgan fingerprint density at radius 3 is 2.95 bits per heavy atom. The predicted molar refractivity (Wildman–Crippen MR) is 70.2 cm³/mol. The summed E-state index contributed by atoms with van der Waals surface area (Å²) in [5.74, 6) is -0.492. The molecule has 1 aromatic carbocycles. The first-order valence-corrected chi connectivity index (χ1v) is 5.88. The number of aryl methyl sites for hydroxylation is 1. The van der Waals surface area contributed by atoms with Crippen LogP contribution in [0.5, 0.6) is 5.75 Å². The smallest absolute Gasteiger partial charge is 0.335 e. The molecule has 0 saturated heterocycles. The summed E-state index contributed by atoms with van der Waals surface area (Å²) < 4.78 is 7.48. The number of ether oxygens (including phenoxy) is 1. The second-order valence-electron chi connectivity index (χ2n) is 4.06. The summed E-state index contributed by atoms with van der Waals surface area (Å²) in [6.07, 6.45) is 6.17. The van der Waals surface area contributed by atoms with Crippen LogP contribution in [0.4, 0.5) is 5.69 Å². The first-order valence-electron chi connectivity index (χ1n) is 5.88. The van der Waals surface area contributed by atoms with Gasteiger partial charge in [0.05, 0.1) is 24.2 Å². The number of carboxylic acid groups (broad SMARTS) is 1. The molecule has 3 N–H and O–H groups in total. The molecule has 0 aliphatic carbocycles. The van der Waals surface area contributed by atoms with Crippen LogP contribution in [0.3, 0.4) is 0 Å². The van der Waals surface area contributed by atoms with Crippen molar-refractivity contribution in [1.82, 2.24) is 9.55 Å². The molecule has 0 aliphatic heterocycles. The molecule has 1 aromatic heterocycles. The fourth-order valence-corrected chi connectivity index (χ4v) is 1.66. The number of hydrogen-bond acceptors (Lipinski definition) is 4. The van der Waals surface area contributed by atoms with Crippen LogP contribution in [0.15, 0.2) is 36.9 Å². The van der Waals surface area contributed by atoms with Crippen LogP contribution in [0.1, 0.15) is 16.8 Å². The Labute approximate surface area is 110 Å². The third-order valence-corrected chi connectivity index (χ3v) is 2.63. The molecule has 0 atom stereocenters. The minimum atomic E-state index is -1.00. The fraction of sp³-hybridized carbons (Fsp3) is 0.231. The number of carbonyl (C=O) groups is 1. The van der Waals surface area contributed by atoms with Crippen molar-refractivity contribution in [2.75, 3.05) is 12.3 Å². The van der Waals surface area contributed by atoms with E-state index in [1.165, 1.54) is 12.1 Å². The van der Waals surface area contributed by atoms with E-state index in [1.807, 2.05) is 10.8 Å². The number of nitrogens with two attached hydrogens (primary N) is 1. The average Bonchev–Trinajstić information content (AvgIpc) is 2.89. The molecule has 19 heavy (non-hydrogen) atoms. The standard InChI is InChI=1S/C13H15N3O3/c14-11-8-10(13(17)18)2-3-12(11)19-7-1-5-16-6-4-15-9-16/h2-4,6,8-9H,1,5,7,14H2,(H,17,18). The molecule has 6 heteroatoms. The highest BCUT2D eigenvalue weighted by Gasteiger charge is 2.06. The van der Waals surface area contributed by atoms with E-state index in [2.05, 4.69) is 4.98 Å². The minimum Gasteiger partial charge on any atom is -0.491 e. The first kappa shape index (κ1) is 12.9. The van der Waals surface area contributed by atoms with Crippen LogP contribution in [-0.2, 0) is 6.54 Å². The van der Waals surface area contributed by atoms with Gasteiger partial charge in [0.1, 0.15) is 5.75 Å². The van der Waals surface area contributed by atoms with E-state index in [0.29, 0.717) is 18.0 Å². The zero-order valence-electron chi connectivity index (χ0n) is 10.3. The number of carboxylic acids is 1. The number of rotatable bonds is 6. The maximum Gasteiger partial charge on any atom is 0.335 e. The van der Waals surface area contributed by atoms with Gasteiger partial charge >= 0.3 is 5.97 Å². The summed E-state index contributed by atoms with van der Waals surface area (Å²) in [5.41, 5.74) is 6.22. The summed E-state index contributed by atoms with van der Waals surface area (Å²) >= 11 is 0. The highest BCUT2D eigenvalue weighted by atomic mass is 16.5. The lowest BCUT2D eigenvalue weighted by atomic mass is 10.2. The largest absolute Gasteiger partial charge is 0.491 e. The number of anilines is 1. The molecule has 2 aromatic rings. The van der Waals surface area contributed by atoms with E-state index in [0.717, 1.165) is 13.0 Å². The predicted octanol–water partition coefficient (Wildman–Crippen LogP) is 1.63. The van der Waals surface area contributed by atoms with Gasteiger partial charge in [-0.1, -0.05) is 0 Å². The minimum absolute atomic E-state index is 0.156. The van der Waals surface area contributed by atoms with Crippen molar-refractivity contribution in [2.24, 2.45) is 0 Å². The summed E-state index contributed by atoms with van der Waals surface area (Å²) in [6.45, 7) is 1.32. The summed E-state index contributed by atoms with van der Waals surface area (Å²) in [4.78, 5) is 14.7. The second-order valence-corrected chi connectivity index (χ2v) is 4.06. The van der Waals surface area contributed by atoms with E-state index >= 15 is 0 Å². The van der Waals surface area contributed by atoms with Crippen molar-refractivity contribution in [1.29, 1.82) is 0 Å². The highest BCUT2D eigenvalue weighted by molar-refractivity contribution is 5.89. The lowest BCUT2D eigenvalue weighted by Crippen LogP contribution is -2.05. The maximum absolute atomic E-state index is 10.8. The van der Waals surface area contributed by atoms with Crippen molar-refractivity contribution in [2.45, 2.75) is 13.0 Å². The zero-order valence-corrected chi connectivity index (χ0v) is 10.3. The van der Waals surface area contributed by atoms with Gasteiger partial charge < -0.3 is 20.1 Å². The monoisotopic (exact) mass is 261 g/mol. The molecule has 0 unspecified atom stereocenters. The van der Waals surface area contributed by atoms with Gasteiger partial charge in [-0.15, -0.1) is 0 Å². The van der Waals surface area contributed by atoms with Crippen LogP contribution >= 0.6 is 0 Å². The van der Waals surface area contributed by atoms with Gasteiger partial charge in [0.25, 0.3) is 0 Å². The topological polar surface area (TPSA) is 90.4 Å². The van der Waals surface area contributed by atoms with Gasteiger partial charge in [-0.25, -0.2) is 9.78 Å². The lowest BCUT2D eigenvalue weighted by molar-refractivity contribution is 0.0697. The quantitative estimate of drug-likeness (QED) is 0.609. The van der Waals surface area contributed by atoms with Gasteiger partial charge in [-0.3, -0.25) is 0 Å². The molecule has 6 nitrogen and oxygen atoms in total. The van der Waals surface area contributed by atoms with Crippen LogP contribution in [0.2, 0.25) is 0 Å². The van der Waals surface area contributed by atoms with Gasteiger partial charge in [-0.05, 0) is 24.6 Å². The molecule has 0 spiro atoms. The lowest BCUT2D eigenvalue weighted by Gasteiger charge is -2.09. The van der Waals surface area contributed by atoms with Crippen molar-refractivity contribution in [3.8, 4) is 5.75 Å². The molecule has 0 aliphatic rings. The number of benzene rings is 1. The Balaban J connectivity index is 1.84. The van der Waals surface area contributed by atoms with E-state index in [4.69, 9.17) is 15.6 Å². The molecular weight excluding hydrogens is 246 g/mol. The molecule has 1 heterocycles. The van der Waals surface area contributed by atoms with Gasteiger partial charge in [0, 0.05) is 18.9 Å². The van der Waals surface area contributed by atoms with Crippen LogP contribution in [-0.4, -0.2) is 27.2 Å². The summed E-state index contributed by atoms with van der Waals surface area (Å²) in [5, 5.41) is 8.81.